The maximum atomic E-state index is 11.8. The van der Waals surface area contributed by atoms with Gasteiger partial charge in [-0.1, -0.05) is 44.2 Å². The van der Waals surface area contributed by atoms with Gasteiger partial charge >= 0.3 is 0 Å². The highest BCUT2D eigenvalue weighted by Crippen LogP contribution is 2.26. The van der Waals surface area contributed by atoms with E-state index >= 15 is 0 Å². The number of nitrogens with one attached hydrogen (secondary N) is 1. The predicted molar refractivity (Wildman–Crippen MR) is 119 cm³/mol. The number of unbranched alkanes of at least 4 members (excludes halogenated alkanes) is 1. The lowest BCUT2D eigenvalue weighted by Crippen LogP contribution is -2.28. The summed E-state index contributed by atoms with van der Waals surface area (Å²) in [6.07, 6.45) is 1.90. The Morgan fingerprint density at radius 3 is 2.67 bits per heavy atom. The molecule has 0 aliphatic carbocycles. The van der Waals surface area contributed by atoms with Crippen LogP contribution in [-0.4, -0.2) is 35.8 Å². The molecule has 1 heterocycles. The van der Waals surface area contributed by atoms with E-state index in [2.05, 4.69) is 41.9 Å². The molecule has 6 nitrogen and oxygen atoms in total. The van der Waals surface area contributed by atoms with Gasteiger partial charge in [-0.05, 0) is 42.5 Å². The van der Waals surface area contributed by atoms with Gasteiger partial charge in [0.2, 0.25) is 5.91 Å². The summed E-state index contributed by atoms with van der Waals surface area (Å²) in [4.78, 5) is 16.5. The molecular weight excluding hydrogens is 378 g/mol. The Balaban J connectivity index is 1.59. The smallest absolute Gasteiger partial charge is 0.246 e. The Morgan fingerprint density at radius 1 is 1.10 bits per heavy atom. The van der Waals surface area contributed by atoms with E-state index in [4.69, 9.17) is 14.5 Å². The van der Waals surface area contributed by atoms with Gasteiger partial charge in [-0.2, -0.15) is 0 Å². The number of carbonyl (C=O) groups excluding carboxylic acids is 1. The fourth-order valence-electron chi connectivity index (χ4n) is 3.51. The zero-order valence-corrected chi connectivity index (χ0v) is 18.1. The summed E-state index contributed by atoms with van der Waals surface area (Å²) in [6.45, 7) is 6.30. The average Bonchev–Trinajstić information content (AvgIpc) is 3.10. The molecule has 0 saturated carbocycles. The largest absolute Gasteiger partial charge is 0.493 e. The molecule has 0 aliphatic heterocycles. The topological polar surface area (TPSA) is 65.4 Å². The van der Waals surface area contributed by atoms with Crippen molar-refractivity contribution in [2.75, 3.05) is 20.3 Å². The number of fused-ring (bicyclic) bond motifs is 1. The van der Waals surface area contributed by atoms with Gasteiger partial charge < -0.3 is 19.4 Å². The summed E-state index contributed by atoms with van der Waals surface area (Å²) in [7, 11) is 1.51. The molecule has 1 aromatic heterocycles. The van der Waals surface area contributed by atoms with Crippen LogP contribution in [0.2, 0.25) is 0 Å². The number of para-hydroxylation sites is 3. The van der Waals surface area contributed by atoms with E-state index in [-0.39, 0.29) is 12.5 Å². The Morgan fingerprint density at radius 2 is 1.87 bits per heavy atom. The average molecular weight is 410 g/mol. The number of rotatable bonds is 11. The monoisotopic (exact) mass is 409 g/mol. The van der Waals surface area contributed by atoms with Crippen molar-refractivity contribution in [3.05, 3.63) is 59.9 Å². The molecule has 1 amide bonds. The first kappa shape index (κ1) is 21.8. The van der Waals surface area contributed by atoms with E-state index in [0.717, 1.165) is 42.0 Å². The number of imidazole rings is 1. The number of aryl methyl sites for hydroxylation is 1. The van der Waals surface area contributed by atoms with Crippen molar-refractivity contribution in [2.24, 2.45) is 0 Å². The molecule has 0 fully saturated rings. The lowest BCUT2D eigenvalue weighted by molar-refractivity contribution is -0.124. The van der Waals surface area contributed by atoms with Gasteiger partial charge in [0, 0.05) is 13.7 Å². The first-order chi connectivity index (χ1) is 14.6. The first-order valence-electron chi connectivity index (χ1n) is 10.5. The molecule has 0 atom stereocenters. The standard InChI is InChI=1S/C24H31N3O3/c1-18(2)19-10-4-7-13-22(19)30-15-9-8-14-27-21-12-6-5-11-20(21)26-23(27)16-25-24(28)17-29-3/h4-7,10-13,18H,8-9,14-17H2,1-3H3,(H,25,28). The van der Waals surface area contributed by atoms with Crippen molar-refractivity contribution >= 4 is 16.9 Å². The van der Waals surface area contributed by atoms with Crippen LogP contribution in [0.1, 0.15) is 44.0 Å². The summed E-state index contributed by atoms with van der Waals surface area (Å²) in [5.41, 5.74) is 3.27. The third-order valence-electron chi connectivity index (χ3n) is 5.03. The molecule has 160 valence electrons. The van der Waals surface area contributed by atoms with Gasteiger partial charge in [-0.15, -0.1) is 0 Å². The third-order valence-corrected chi connectivity index (χ3v) is 5.03. The van der Waals surface area contributed by atoms with Crippen LogP contribution in [0.25, 0.3) is 11.0 Å². The molecule has 0 saturated heterocycles. The summed E-state index contributed by atoms with van der Waals surface area (Å²) in [6, 6.07) is 16.3. The molecule has 0 aliphatic rings. The van der Waals surface area contributed by atoms with Crippen molar-refractivity contribution in [2.45, 2.75) is 45.7 Å². The normalized spacial score (nSPS) is 11.2. The first-order valence-corrected chi connectivity index (χ1v) is 10.5. The zero-order chi connectivity index (χ0) is 21.3. The summed E-state index contributed by atoms with van der Waals surface area (Å²) < 4.78 is 13.1. The molecule has 0 unspecified atom stereocenters. The van der Waals surface area contributed by atoms with Gasteiger partial charge in [0.25, 0.3) is 0 Å². The second-order valence-corrected chi connectivity index (χ2v) is 7.63. The quantitative estimate of drug-likeness (QED) is 0.480. The lowest BCUT2D eigenvalue weighted by atomic mass is 10.0. The van der Waals surface area contributed by atoms with Crippen molar-refractivity contribution in [3.63, 3.8) is 0 Å². The van der Waals surface area contributed by atoms with Crippen molar-refractivity contribution < 1.29 is 14.3 Å². The molecule has 0 bridgehead atoms. The van der Waals surface area contributed by atoms with Crippen LogP contribution in [0.4, 0.5) is 0 Å². The van der Waals surface area contributed by atoms with Gasteiger partial charge in [0.05, 0.1) is 24.2 Å². The number of ether oxygens (including phenoxy) is 2. The van der Waals surface area contributed by atoms with Gasteiger partial charge in [0.1, 0.15) is 18.2 Å². The van der Waals surface area contributed by atoms with E-state index in [9.17, 15) is 4.79 Å². The van der Waals surface area contributed by atoms with Crippen LogP contribution < -0.4 is 10.1 Å². The highest BCUT2D eigenvalue weighted by atomic mass is 16.5. The van der Waals surface area contributed by atoms with E-state index < -0.39 is 0 Å². The van der Waals surface area contributed by atoms with E-state index in [1.165, 1.54) is 12.7 Å². The fraction of sp³-hybridized carbons (Fsp3) is 0.417. The maximum absolute atomic E-state index is 11.8. The lowest BCUT2D eigenvalue weighted by Gasteiger charge is -2.14. The minimum atomic E-state index is -0.145. The number of benzene rings is 2. The molecule has 2 aromatic carbocycles. The van der Waals surface area contributed by atoms with Gasteiger partial charge in [0.15, 0.2) is 0 Å². The second kappa shape index (κ2) is 10.8. The van der Waals surface area contributed by atoms with Crippen LogP contribution in [-0.2, 0) is 22.6 Å². The van der Waals surface area contributed by atoms with Crippen LogP contribution >= 0.6 is 0 Å². The van der Waals surface area contributed by atoms with Crippen LogP contribution in [0, 0.1) is 0 Å². The fourth-order valence-corrected chi connectivity index (χ4v) is 3.51. The second-order valence-electron chi connectivity index (χ2n) is 7.63. The highest BCUT2D eigenvalue weighted by Gasteiger charge is 2.12. The molecule has 3 aromatic rings. The highest BCUT2D eigenvalue weighted by molar-refractivity contribution is 5.78. The molecule has 1 N–H and O–H groups in total. The Kier molecular flexibility index (Phi) is 7.85. The summed E-state index contributed by atoms with van der Waals surface area (Å²) in [5.74, 6) is 2.12. The Labute approximate surface area is 178 Å². The number of aromatic nitrogens is 2. The minimum absolute atomic E-state index is 0.0510. The number of hydrogen-bond acceptors (Lipinski definition) is 4. The van der Waals surface area contributed by atoms with Crippen LogP contribution in [0.15, 0.2) is 48.5 Å². The zero-order valence-electron chi connectivity index (χ0n) is 18.1. The number of carbonyl (C=O) groups is 1. The van der Waals surface area contributed by atoms with Gasteiger partial charge in [-0.25, -0.2) is 4.98 Å². The number of amides is 1. The third kappa shape index (κ3) is 5.60. The van der Waals surface area contributed by atoms with E-state index in [1.54, 1.807) is 0 Å². The van der Waals surface area contributed by atoms with E-state index in [1.807, 2.05) is 30.3 Å². The Bertz CT molecular complexity index is 965. The number of hydrogen-bond donors (Lipinski definition) is 1. The molecule has 0 radical (unpaired) electrons. The van der Waals surface area contributed by atoms with Crippen molar-refractivity contribution in [1.29, 1.82) is 0 Å². The summed E-state index contributed by atoms with van der Waals surface area (Å²) in [5, 5.41) is 2.87. The van der Waals surface area contributed by atoms with Crippen LogP contribution in [0.5, 0.6) is 5.75 Å². The van der Waals surface area contributed by atoms with Gasteiger partial charge in [-0.3, -0.25) is 4.79 Å². The summed E-state index contributed by atoms with van der Waals surface area (Å²) >= 11 is 0. The maximum Gasteiger partial charge on any atom is 0.246 e. The molecular formula is C24H31N3O3. The minimum Gasteiger partial charge on any atom is -0.493 e. The van der Waals surface area contributed by atoms with Crippen LogP contribution in [0.3, 0.4) is 0 Å². The predicted octanol–water partition coefficient (Wildman–Crippen LogP) is 4.28. The molecule has 0 spiro atoms. The SMILES string of the molecule is COCC(=O)NCc1nc2ccccc2n1CCCCOc1ccccc1C(C)C. The molecule has 30 heavy (non-hydrogen) atoms. The molecule has 6 heteroatoms. The number of nitrogens with zero attached hydrogens (tertiary/aromatic N) is 2. The number of methoxy groups -OCH3 is 1. The van der Waals surface area contributed by atoms with Crippen molar-refractivity contribution in [3.8, 4) is 5.75 Å². The van der Waals surface area contributed by atoms with Crippen molar-refractivity contribution in [1.82, 2.24) is 14.9 Å². The van der Waals surface area contributed by atoms with E-state index in [0.29, 0.717) is 19.1 Å². The Hall–Kier alpha value is -2.86. The molecule has 3 rings (SSSR count).